The molecule has 0 saturated heterocycles. The Labute approximate surface area is 87.7 Å². The van der Waals surface area contributed by atoms with Crippen molar-refractivity contribution in [3.8, 4) is 0 Å². The molecule has 3 N–H and O–H groups in total. The Hall–Kier alpha value is -1.49. The number of nitrogens with zero attached hydrogens (tertiary/aromatic N) is 1. The highest BCUT2D eigenvalue weighted by Crippen LogP contribution is 1.99. The van der Waals surface area contributed by atoms with E-state index in [2.05, 4.69) is 10.3 Å². The van der Waals surface area contributed by atoms with Gasteiger partial charge in [-0.1, -0.05) is 0 Å². The lowest BCUT2D eigenvalue weighted by Gasteiger charge is -2.03. The SMILES string of the molecule is NC(=O)CCCNCc1cncc(F)c1. The lowest BCUT2D eigenvalue weighted by molar-refractivity contribution is -0.118. The van der Waals surface area contributed by atoms with Gasteiger partial charge >= 0.3 is 0 Å². The molecule has 0 bridgehead atoms. The summed E-state index contributed by atoms with van der Waals surface area (Å²) in [6.07, 6.45) is 3.83. The maximum Gasteiger partial charge on any atom is 0.217 e. The largest absolute Gasteiger partial charge is 0.370 e. The van der Waals surface area contributed by atoms with Crippen molar-refractivity contribution in [1.29, 1.82) is 0 Å². The molecule has 1 aromatic rings. The third-order valence-electron chi connectivity index (χ3n) is 1.87. The molecule has 0 fully saturated rings. The van der Waals surface area contributed by atoms with Crippen LogP contribution in [0.1, 0.15) is 18.4 Å². The summed E-state index contributed by atoms with van der Waals surface area (Å²) in [5.41, 5.74) is 5.77. The highest BCUT2D eigenvalue weighted by Gasteiger charge is 1.97. The Morgan fingerprint density at radius 1 is 1.53 bits per heavy atom. The minimum Gasteiger partial charge on any atom is -0.370 e. The molecule has 0 aliphatic heterocycles. The van der Waals surface area contributed by atoms with E-state index in [9.17, 15) is 9.18 Å². The van der Waals surface area contributed by atoms with Crippen molar-refractivity contribution >= 4 is 5.91 Å². The second kappa shape index (κ2) is 6.08. The molecular weight excluding hydrogens is 197 g/mol. The molecule has 0 unspecified atom stereocenters. The summed E-state index contributed by atoms with van der Waals surface area (Å²) in [7, 11) is 0. The lowest BCUT2D eigenvalue weighted by atomic mass is 10.2. The summed E-state index contributed by atoms with van der Waals surface area (Å²) in [6, 6.07) is 1.42. The first kappa shape index (κ1) is 11.6. The van der Waals surface area contributed by atoms with Gasteiger partial charge in [-0.05, 0) is 24.6 Å². The molecule has 1 heterocycles. The summed E-state index contributed by atoms with van der Waals surface area (Å²) in [5, 5.41) is 3.07. The van der Waals surface area contributed by atoms with E-state index in [-0.39, 0.29) is 11.7 Å². The molecule has 0 spiro atoms. The van der Waals surface area contributed by atoms with Crippen molar-refractivity contribution in [3.05, 3.63) is 29.8 Å². The standard InChI is InChI=1S/C10H14FN3O/c11-9-4-8(6-14-7-9)5-13-3-1-2-10(12)15/h4,6-7,13H,1-3,5H2,(H2,12,15). The van der Waals surface area contributed by atoms with Crippen LogP contribution >= 0.6 is 0 Å². The van der Waals surface area contributed by atoms with Crippen molar-refractivity contribution < 1.29 is 9.18 Å². The number of hydrogen-bond acceptors (Lipinski definition) is 3. The number of nitrogens with one attached hydrogen (secondary N) is 1. The van der Waals surface area contributed by atoms with E-state index in [0.717, 1.165) is 11.8 Å². The number of halogens is 1. The molecule has 0 aliphatic rings. The van der Waals surface area contributed by atoms with Crippen molar-refractivity contribution in [2.24, 2.45) is 5.73 Å². The molecule has 5 heteroatoms. The van der Waals surface area contributed by atoms with Crippen molar-refractivity contribution in [2.75, 3.05) is 6.54 Å². The van der Waals surface area contributed by atoms with Crippen LogP contribution in [-0.4, -0.2) is 17.4 Å². The number of carbonyl (C=O) groups excluding carboxylic acids is 1. The van der Waals surface area contributed by atoms with Crippen LogP contribution in [0.4, 0.5) is 4.39 Å². The van der Waals surface area contributed by atoms with Crippen LogP contribution in [-0.2, 0) is 11.3 Å². The van der Waals surface area contributed by atoms with Crippen molar-refractivity contribution in [1.82, 2.24) is 10.3 Å². The van der Waals surface area contributed by atoms with E-state index < -0.39 is 0 Å². The molecule has 82 valence electrons. The van der Waals surface area contributed by atoms with Gasteiger partial charge in [0.1, 0.15) is 5.82 Å². The normalized spacial score (nSPS) is 10.2. The number of pyridine rings is 1. The van der Waals surface area contributed by atoms with E-state index in [4.69, 9.17) is 5.73 Å². The van der Waals surface area contributed by atoms with Gasteiger partial charge in [-0.25, -0.2) is 4.39 Å². The van der Waals surface area contributed by atoms with Gasteiger partial charge in [-0.2, -0.15) is 0 Å². The van der Waals surface area contributed by atoms with Crippen LogP contribution in [0.15, 0.2) is 18.5 Å². The molecule has 1 aromatic heterocycles. The number of rotatable bonds is 6. The number of primary amides is 1. The third-order valence-corrected chi connectivity index (χ3v) is 1.87. The highest BCUT2D eigenvalue weighted by atomic mass is 19.1. The predicted octanol–water partition coefficient (Wildman–Crippen LogP) is 0.576. The number of aromatic nitrogens is 1. The summed E-state index contributed by atoms with van der Waals surface area (Å²) < 4.78 is 12.7. The minimum absolute atomic E-state index is 0.302. The third kappa shape index (κ3) is 5.07. The maximum absolute atomic E-state index is 12.7. The molecular formula is C10H14FN3O. The van der Waals surface area contributed by atoms with Gasteiger partial charge in [-0.15, -0.1) is 0 Å². The average Bonchev–Trinajstić information content (AvgIpc) is 2.17. The van der Waals surface area contributed by atoms with E-state index in [0.29, 0.717) is 25.9 Å². The zero-order valence-electron chi connectivity index (χ0n) is 8.37. The van der Waals surface area contributed by atoms with Crippen LogP contribution < -0.4 is 11.1 Å². The number of carbonyl (C=O) groups is 1. The average molecular weight is 211 g/mol. The summed E-state index contributed by atoms with van der Waals surface area (Å²) in [6.45, 7) is 1.23. The Bertz CT molecular complexity index is 330. The summed E-state index contributed by atoms with van der Waals surface area (Å²) in [4.78, 5) is 14.1. The van der Waals surface area contributed by atoms with Crippen molar-refractivity contribution in [2.45, 2.75) is 19.4 Å². The fraction of sp³-hybridized carbons (Fsp3) is 0.400. The van der Waals surface area contributed by atoms with Crippen LogP contribution in [0.25, 0.3) is 0 Å². The van der Waals surface area contributed by atoms with Gasteiger partial charge in [0.15, 0.2) is 0 Å². The fourth-order valence-electron chi connectivity index (χ4n) is 1.17. The monoisotopic (exact) mass is 211 g/mol. The van der Waals surface area contributed by atoms with Crippen molar-refractivity contribution in [3.63, 3.8) is 0 Å². The Balaban J connectivity index is 2.17. The van der Waals surface area contributed by atoms with Crippen LogP contribution in [0, 0.1) is 5.82 Å². The quantitative estimate of drug-likeness (QED) is 0.676. The van der Waals surface area contributed by atoms with Crippen LogP contribution in [0.2, 0.25) is 0 Å². The molecule has 15 heavy (non-hydrogen) atoms. The predicted molar refractivity (Wildman–Crippen MR) is 54.3 cm³/mol. The van der Waals surface area contributed by atoms with Crippen LogP contribution in [0.3, 0.4) is 0 Å². The molecule has 0 saturated carbocycles. The van der Waals surface area contributed by atoms with Gasteiger partial charge < -0.3 is 11.1 Å². The Kier molecular flexibility index (Phi) is 4.70. The number of hydrogen-bond donors (Lipinski definition) is 2. The van der Waals surface area contributed by atoms with Gasteiger partial charge in [-0.3, -0.25) is 9.78 Å². The first-order valence-corrected chi connectivity index (χ1v) is 4.77. The zero-order chi connectivity index (χ0) is 11.1. The Morgan fingerprint density at radius 3 is 3.00 bits per heavy atom. The molecule has 0 radical (unpaired) electrons. The van der Waals surface area contributed by atoms with E-state index >= 15 is 0 Å². The lowest BCUT2D eigenvalue weighted by Crippen LogP contribution is -2.18. The second-order valence-electron chi connectivity index (χ2n) is 3.26. The molecule has 1 amide bonds. The zero-order valence-corrected chi connectivity index (χ0v) is 8.37. The van der Waals surface area contributed by atoms with E-state index in [1.807, 2.05) is 0 Å². The first-order valence-electron chi connectivity index (χ1n) is 4.77. The topological polar surface area (TPSA) is 68.0 Å². The summed E-state index contributed by atoms with van der Waals surface area (Å²) >= 11 is 0. The maximum atomic E-state index is 12.7. The molecule has 0 atom stereocenters. The fourth-order valence-corrected chi connectivity index (χ4v) is 1.17. The highest BCUT2D eigenvalue weighted by molar-refractivity contribution is 5.73. The van der Waals surface area contributed by atoms with Gasteiger partial charge in [0.2, 0.25) is 5.91 Å². The first-order chi connectivity index (χ1) is 7.18. The van der Waals surface area contributed by atoms with Gasteiger partial charge in [0.05, 0.1) is 6.20 Å². The van der Waals surface area contributed by atoms with Gasteiger partial charge in [0, 0.05) is 19.2 Å². The van der Waals surface area contributed by atoms with E-state index in [1.54, 1.807) is 6.20 Å². The molecule has 4 nitrogen and oxygen atoms in total. The molecule has 0 aromatic carbocycles. The minimum atomic E-state index is -0.341. The number of nitrogens with two attached hydrogens (primary N) is 1. The van der Waals surface area contributed by atoms with E-state index in [1.165, 1.54) is 6.07 Å². The van der Waals surface area contributed by atoms with Crippen LogP contribution in [0.5, 0.6) is 0 Å². The second-order valence-corrected chi connectivity index (χ2v) is 3.26. The molecule has 0 aliphatic carbocycles. The smallest absolute Gasteiger partial charge is 0.217 e. The summed E-state index contributed by atoms with van der Waals surface area (Å²) in [5.74, 6) is -0.643. The number of amides is 1. The van der Waals surface area contributed by atoms with Gasteiger partial charge in [0.25, 0.3) is 0 Å². The molecule has 1 rings (SSSR count). The Morgan fingerprint density at radius 2 is 2.33 bits per heavy atom.